The summed E-state index contributed by atoms with van der Waals surface area (Å²) in [4.78, 5) is 44.9. The molecular formula is C27H23FN2O5S2. The largest absolute Gasteiger partial charge is 0.493 e. The molecule has 0 radical (unpaired) electrons. The van der Waals surface area contributed by atoms with Gasteiger partial charge in [0.05, 0.1) is 36.8 Å². The number of carbonyl (C=O) groups excluding carboxylic acids is 2. The van der Waals surface area contributed by atoms with Gasteiger partial charge in [0.1, 0.15) is 5.82 Å². The predicted molar refractivity (Wildman–Crippen MR) is 137 cm³/mol. The van der Waals surface area contributed by atoms with E-state index in [4.69, 9.17) is 9.47 Å². The summed E-state index contributed by atoms with van der Waals surface area (Å²) in [6, 6.07) is 11.4. The van der Waals surface area contributed by atoms with E-state index in [9.17, 15) is 18.8 Å². The maximum Gasteiger partial charge on any atom is 0.305 e. The fourth-order valence-corrected chi connectivity index (χ4v) is 10.2. The number of carbonyl (C=O) groups is 2. The zero-order chi connectivity index (χ0) is 25.6. The van der Waals surface area contributed by atoms with Gasteiger partial charge in [0.2, 0.25) is 11.8 Å². The van der Waals surface area contributed by atoms with Crippen molar-refractivity contribution in [3.63, 3.8) is 0 Å². The second kappa shape index (κ2) is 8.19. The number of methoxy groups -OCH3 is 2. The molecule has 2 aliphatic carbocycles. The van der Waals surface area contributed by atoms with E-state index in [2.05, 4.69) is 4.98 Å². The van der Waals surface area contributed by atoms with Crippen molar-refractivity contribution >= 4 is 40.6 Å². The molecule has 1 N–H and O–H groups in total. The average Bonchev–Trinajstić information content (AvgIpc) is 3.63. The minimum Gasteiger partial charge on any atom is -0.493 e. The van der Waals surface area contributed by atoms with E-state index in [1.165, 1.54) is 40.5 Å². The summed E-state index contributed by atoms with van der Waals surface area (Å²) in [5, 5.41) is 0.944. The Hall–Kier alpha value is -3.11. The number of nitrogens with one attached hydrogen (secondary N) is 1. The van der Waals surface area contributed by atoms with Crippen LogP contribution in [0.4, 0.5) is 10.1 Å². The van der Waals surface area contributed by atoms with Crippen molar-refractivity contribution in [2.75, 3.05) is 19.1 Å². The van der Waals surface area contributed by atoms with Crippen molar-refractivity contribution in [2.24, 2.45) is 29.6 Å². The molecule has 190 valence electrons. The Morgan fingerprint density at radius 1 is 0.946 bits per heavy atom. The summed E-state index contributed by atoms with van der Waals surface area (Å²) in [6.07, 6.45) is 0.801. The summed E-state index contributed by atoms with van der Waals surface area (Å²) in [7, 11) is 3.18. The van der Waals surface area contributed by atoms with Crippen LogP contribution in [-0.4, -0.2) is 36.3 Å². The first-order chi connectivity index (χ1) is 17.9. The van der Waals surface area contributed by atoms with Crippen LogP contribution in [0.3, 0.4) is 0 Å². The van der Waals surface area contributed by atoms with E-state index >= 15 is 0 Å². The second-order valence-corrected chi connectivity index (χ2v) is 12.3. The molecule has 7 nitrogen and oxygen atoms in total. The number of benzene rings is 2. The lowest BCUT2D eigenvalue weighted by atomic mass is 9.68. The molecule has 37 heavy (non-hydrogen) atoms. The Balaban J connectivity index is 1.32. The molecule has 3 fully saturated rings. The van der Waals surface area contributed by atoms with Gasteiger partial charge in [-0.15, -0.1) is 11.8 Å². The summed E-state index contributed by atoms with van der Waals surface area (Å²) >= 11 is 2.86. The number of rotatable bonds is 4. The zero-order valence-electron chi connectivity index (χ0n) is 20.0. The van der Waals surface area contributed by atoms with Crippen LogP contribution in [0.2, 0.25) is 0 Å². The van der Waals surface area contributed by atoms with Crippen LogP contribution < -0.4 is 19.2 Å². The molecule has 0 spiro atoms. The van der Waals surface area contributed by atoms with E-state index in [1.54, 1.807) is 26.0 Å². The average molecular weight is 539 g/mol. The summed E-state index contributed by atoms with van der Waals surface area (Å²) in [5.74, 6) is -0.394. The number of fused-ring (bicyclic) bond motifs is 9. The van der Waals surface area contributed by atoms with Gasteiger partial charge in [-0.3, -0.25) is 19.3 Å². The number of hydrogen-bond acceptors (Lipinski definition) is 7. The van der Waals surface area contributed by atoms with Gasteiger partial charge in [0.25, 0.3) is 0 Å². The fraction of sp³-hybridized carbons (Fsp3) is 0.370. The van der Waals surface area contributed by atoms with Gasteiger partial charge < -0.3 is 14.5 Å². The van der Waals surface area contributed by atoms with E-state index in [1.807, 2.05) is 18.2 Å². The molecule has 2 bridgehead atoms. The van der Waals surface area contributed by atoms with Gasteiger partial charge in [-0.25, -0.2) is 4.39 Å². The normalized spacial score (nSPS) is 31.3. The molecule has 7 rings (SSSR count). The van der Waals surface area contributed by atoms with Crippen LogP contribution in [0.5, 0.6) is 11.5 Å². The van der Waals surface area contributed by atoms with Crippen LogP contribution in [0, 0.1) is 35.4 Å². The first kappa shape index (κ1) is 23.0. The van der Waals surface area contributed by atoms with Gasteiger partial charge in [-0.05, 0) is 66.1 Å². The van der Waals surface area contributed by atoms with Gasteiger partial charge in [-0.1, -0.05) is 17.4 Å². The van der Waals surface area contributed by atoms with Gasteiger partial charge in [0.15, 0.2) is 11.5 Å². The van der Waals surface area contributed by atoms with E-state index in [0.717, 1.165) is 21.9 Å². The third-order valence-electron chi connectivity index (χ3n) is 8.58. The minimum atomic E-state index is -0.413. The van der Waals surface area contributed by atoms with E-state index in [0.29, 0.717) is 17.2 Å². The highest BCUT2D eigenvalue weighted by Gasteiger charge is 2.69. The first-order valence-corrected chi connectivity index (χ1v) is 13.9. The molecule has 2 saturated carbocycles. The van der Waals surface area contributed by atoms with Crippen molar-refractivity contribution in [1.82, 2.24) is 4.98 Å². The van der Waals surface area contributed by atoms with Crippen LogP contribution in [0.25, 0.3) is 0 Å². The van der Waals surface area contributed by atoms with Crippen molar-refractivity contribution in [1.29, 1.82) is 0 Å². The highest BCUT2D eigenvalue weighted by molar-refractivity contribution is 8.00. The highest BCUT2D eigenvalue weighted by Crippen LogP contribution is 2.68. The number of halogens is 1. The molecule has 3 heterocycles. The molecule has 10 heteroatoms. The van der Waals surface area contributed by atoms with Gasteiger partial charge >= 0.3 is 4.87 Å². The van der Waals surface area contributed by atoms with Crippen LogP contribution in [-0.2, 0) is 9.59 Å². The highest BCUT2D eigenvalue weighted by atomic mass is 32.2. The lowest BCUT2D eigenvalue weighted by molar-refractivity contribution is -0.123. The SMILES string of the molecule is COc1ccc([C@H]2c3sc(=O)[nH]c3S[C@@H]3[C@@H]4C[C@H]([C@H]5C(=O)N(c6ccc(F)cc6)C(=O)[C@H]45)[C@H]23)cc1OC. The maximum absolute atomic E-state index is 13.7. The molecule has 2 aromatic carbocycles. The molecule has 7 atom stereocenters. The van der Waals surface area contributed by atoms with Gasteiger partial charge in [0, 0.05) is 16.0 Å². The smallest absolute Gasteiger partial charge is 0.305 e. The Morgan fingerprint density at radius 3 is 2.35 bits per heavy atom. The second-order valence-electron chi connectivity index (χ2n) is 10.1. The Labute approximate surface area is 220 Å². The monoisotopic (exact) mass is 538 g/mol. The molecule has 4 aliphatic rings. The number of imide groups is 1. The van der Waals surface area contributed by atoms with Crippen LogP contribution >= 0.6 is 23.1 Å². The Bertz CT molecular complexity index is 1500. The lowest BCUT2D eigenvalue weighted by Crippen LogP contribution is -2.42. The van der Waals surface area contributed by atoms with Crippen molar-refractivity contribution in [3.05, 3.63) is 68.4 Å². The number of H-pyrrole nitrogens is 1. The zero-order valence-corrected chi connectivity index (χ0v) is 21.6. The number of hydrogen-bond donors (Lipinski definition) is 1. The molecule has 1 saturated heterocycles. The summed E-state index contributed by atoms with van der Waals surface area (Å²) in [5.41, 5.74) is 1.42. The topological polar surface area (TPSA) is 88.7 Å². The maximum atomic E-state index is 13.7. The first-order valence-electron chi connectivity index (χ1n) is 12.2. The number of nitrogens with zero attached hydrogens (tertiary/aromatic N) is 1. The molecular weight excluding hydrogens is 515 g/mol. The molecule has 0 unspecified atom stereocenters. The van der Waals surface area contributed by atoms with Crippen molar-refractivity contribution < 1.29 is 23.5 Å². The van der Waals surface area contributed by atoms with Gasteiger partial charge in [-0.2, -0.15) is 0 Å². The number of thiazole rings is 1. The molecule has 1 aromatic heterocycles. The number of amides is 2. The third-order valence-corrected chi connectivity index (χ3v) is 11.2. The number of anilines is 1. The van der Waals surface area contributed by atoms with Crippen molar-refractivity contribution in [2.45, 2.75) is 22.6 Å². The minimum absolute atomic E-state index is 0.00199. The number of aromatic nitrogens is 1. The molecule has 3 aromatic rings. The van der Waals surface area contributed by atoms with Crippen LogP contribution in [0.15, 0.2) is 52.3 Å². The summed E-state index contributed by atoms with van der Waals surface area (Å²) in [6.45, 7) is 0. The van der Waals surface area contributed by atoms with Crippen LogP contribution in [0.1, 0.15) is 22.8 Å². The number of ether oxygens (including phenoxy) is 2. The third kappa shape index (κ3) is 3.15. The lowest BCUT2D eigenvalue weighted by Gasteiger charge is -2.43. The molecule has 2 amide bonds. The number of aromatic amines is 1. The predicted octanol–water partition coefficient (Wildman–Crippen LogP) is 4.27. The number of thioether (sulfide) groups is 1. The van der Waals surface area contributed by atoms with E-state index in [-0.39, 0.29) is 45.6 Å². The Kier molecular flexibility index (Phi) is 5.10. The quantitative estimate of drug-likeness (QED) is 0.499. The van der Waals surface area contributed by atoms with Crippen molar-refractivity contribution in [3.8, 4) is 11.5 Å². The summed E-state index contributed by atoms with van der Waals surface area (Å²) < 4.78 is 24.6. The Morgan fingerprint density at radius 2 is 1.65 bits per heavy atom. The fourth-order valence-electron chi connectivity index (χ4n) is 7.28. The standard InChI is InChI=1S/C27H23FN2O5S2/c1-34-16-8-3-11(9-17(16)35-2)18-19-14-10-15(22(19)36-24-23(18)37-27(33)29-24)21-20(14)25(31)30(26(21)32)13-6-4-12(28)5-7-13/h3-9,14-15,18-22H,10H2,1-2H3,(H,29,33)/t14-,15+,18+,19+,20+,21+,22+/m0/s1. The van der Waals surface area contributed by atoms with E-state index < -0.39 is 17.7 Å². The molecule has 2 aliphatic heterocycles.